The second-order valence-corrected chi connectivity index (χ2v) is 3.08. The van der Waals surface area contributed by atoms with Crippen LogP contribution in [0.5, 0.6) is 0 Å². The van der Waals surface area contributed by atoms with Crippen LogP contribution in [0.1, 0.15) is 27.7 Å². The van der Waals surface area contributed by atoms with E-state index in [2.05, 4.69) is 24.2 Å². The van der Waals surface area contributed by atoms with Gasteiger partial charge in [0.1, 0.15) is 0 Å². The van der Waals surface area contributed by atoms with Crippen LogP contribution in [-0.2, 0) is 0 Å². The molecule has 0 aromatic rings. The minimum absolute atomic E-state index is 0.407. The molecule has 0 bridgehead atoms. The fraction of sp³-hybridized carbons (Fsp3) is 0.750. The Kier molecular flexibility index (Phi) is 4.50. The van der Waals surface area contributed by atoms with E-state index in [1.807, 2.05) is 25.9 Å². The van der Waals surface area contributed by atoms with Gasteiger partial charge in [0, 0.05) is 19.3 Å². The first-order chi connectivity index (χ1) is 5.04. The summed E-state index contributed by atoms with van der Waals surface area (Å²) in [6, 6.07) is 0.407. The fourth-order valence-corrected chi connectivity index (χ4v) is 0.326. The van der Waals surface area contributed by atoms with Crippen molar-refractivity contribution in [1.82, 2.24) is 5.01 Å². The van der Waals surface area contributed by atoms with Crippen LogP contribution in [0.25, 0.3) is 0 Å². The van der Waals surface area contributed by atoms with Gasteiger partial charge in [0.15, 0.2) is 0 Å². The van der Waals surface area contributed by atoms with Crippen molar-refractivity contribution in [2.45, 2.75) is 33.7 Å². The lowest BCUT2D eigenvalue weighted by atomic mass is 10.4. The van der Waals surface area contributed by atoms with Gasteiger partial charge in [-0.05, 0) is 27.7 Å². The lowest BCUT2D eigenvalue weighted by molar-refractivity contribution is 0.269. The Morgan fingerprint density at radius 2 is 1.91 bits per heavy atom. The van der Waals surface area contributed by atoms with E-state index < -0.39 is 0 Å². The van der Waals surface area contributed by atoms with Gasteiger partial charge in [-0.25, -0.2) is 0 Å². The molecule has 0 unspecified atom stereocenters. The Balaban J connectivity index is 3.84. The Hall–Kier alpha value is -0.860. The van der Waals surface area contributed by atoms with E-state index in [4.69, 9.17) is 0 Å². The Bertz CT molecular complexity index is 155. The van der Waals surface area contributed by atoms with Crippen molar-refractivity contribution in [2.75, 3.05) is 7.05 Å². The standard InChI is InChI=1S/C8H17N3/c1-7(2)6-9-10-11(5)8(3)4/h6,8H,1-5H3. The maximum absolute atomic E-state index is 3.95. The molecule has 0 saturated heterocycles. The van der Waals surface area contributed by atoms with Crippen molar-refractivity contribution in [1.29, 1.82) is 0 Å². The van der Waals surface area contributed by atoms with Crippen molar-refractivity contribution < 1.29 is 0 Å². The highest BCUT2D eigenvalue weighted by Gasteiger charge is 1.95. The molecule has 0 rings (SSSR count). The summed E-state index contributed by atoms with van der Waals surface area (Å²) in [4.78, 5) is 0. The molecule has 0 saturated carbocycles. The van der Waals surface area contributed by atoms with Crippen molar-refractivity contribution in [3.8, 4) is 0 Å². The van der Waals surface area contributed by atoms with Gasteiger partial charge in [-0.3, -0.25) is 5.01 Å². The SMILES string of the molecule is CC(C)=CN=NN(C)C(C)C. The van der Waals surface area contributed by atoms with Crippen molar-refractivity contribution in [3.05, 3.63) is 11.8 Å². The molecule has 0 aliphatic heterocycles. The monoisotopic (exact) mass is 155 g/mol. The van der Waals surface area contributed by atoms with Crippen molar-refractivity contribution in [2.24, 2.45) is 10.3 Å². The van der Waals surface area contributed by atoms with E-state index in [0.29, 0.717) is 6.04 Å². The highest BCUT2D eigenvalue weighted by atomic mass is 15.5. The predicted molar refractivity (Wildman–Crippen MR) is 47.2 cm³/mol. The van der Waals surface area contributed by atoms with E-state index >= 15 is 0 Å². The second kappa shape index (κ2) is 4.88. The first-order valence-electron chi connectivity index (χ1n) is 3.81. The van der Waals surface area contributed by atoms with Crippen LogP contribution in [0.2, 0.25) is 0 Å². The molecule has 0 fully saturated rings. The zero-order valence-corrected chi connectivity index (χ0v) is 8.00. The average Bonchev–Trinajstić information content (AvgIpc) is 1.86. The maximum atomic E-state index is 3.95. The highest BCUT2D eigenvalue weighted by Crippen LogP contribution is 1.96. The summed E-state index contributed by atoms with van der Waals surface area (Å²) in [5, 5.41) is 9.65. The van der Waals surface area contributed by atoms with Crippen LogP contribution >= 0.6 is 0 Å². The Morgan fingerprint density at radius 1 is 1.36 bits per heavy atom. The largest absolute Gasteiger partial charge is 0.279 e. The third-order valence-corrected chi connectivity index (χ3v) is 1.26. The zero-order chi connectivity index (χ0) is 8.85. The number of allylic oxidation sites excluding steroid dienone is 1. The second-order valence-electron chi connectivity index (χ2n) is 3.08. The van der Waals surface area contributed by atoms with Crippen LogP contribution in [0.4, 0.5) is 0 Å². The molecule has 0 heterocycles. The molecule has 3 nitrogen and oxygen atoms in total. The lowest BCUT2D eigenvalue weighted by Crippen LogP contribution is -2.19. The molecule has 0 aromatic heterocycles. The summed E-state index contributed by atoms with van der Waals surface area (Å²) in [6.07, 6.45) is 1.75. The summed E-state index contributed by atoms with van der Waals surface area (Å²) < 4.78 is 0. The molecule has 0 aromatic carbocycles. The minimum Gasteiger partial charge on any atom is -0.279 e. The van der Waals surface area contributed by atoms with Gasteiger partial charge in [-0.15, -0.1) is 5.11 Å². The summed E-state index contributed by atoms with van der Waals surface area (Å²) in [6.45, 7) is 8.13. The quantitative estimate of drug-likeness (QED) is 0.455. The van der Waals surface area contributed by atoms with Gasteiger partial charge in [0.25, 0.3) is 0 Å². The topological polar surface area (TPSA) is 28.0 Å². The normalized spacial score (nSPS) is 10.7. The van der Waals surface area contributed by atoms with E-state index in [0.717, 1.165) is 5.57 Å². The number of hydrogen-bond acceptors (Lipinski definition) is 2. The number of nitrogens with zero attached hydrogens (tertiary/aromatic N) is 3. The lowest BCUT2D eigenvalue weighted by Gasteiger charge is -2.14. The highest BCUT2D eigenvalue weighted by molar-refractivity contribution is 4.89. The molecule has 64 valence electrons. The smallest absolute Gasteiger partial charge is 0.0499 e. The molecule has 3 heteroatoms. The molecular weight excluding hydrogens is 138 g/mol. The van der Waals surface area contributed by atoms with Crippen LogP contribution in [0.3, 0.4) is 0 Å². The van der Waals surface area contributed by atoms with E-state index in [1.54, 1.807) is 6.20 Å². The molecular formula is C8H17N3. The zero-order valence-electron chi connectivity index (χ0n) is 8.00. The third kappa shape index (κ3) is 5.58. The molecule has 0 amide bonds. The molecule has 0 aliphatic carbocycles. The molecule has 0 radical (unpaired) electrons. The van der Waals surface area contributed by atoms with Gasteiger partial charge >= 0.3 is 0 Å². The molecule has 0 N–H and O–H groups in total. The minimum atomic E-state index is 0.407. The molecule has 0 spiro atoms. The Labute approximate surface area is 68.8 Å². The molecule has 11 heavy (non-hydrogen) atoms. The van der Waals surface area contributed by atoms with Crippen LogP contribution in [0.15, 0.2) is 22.1 Å². The number of rotatable bonds is 3. The third-order valence-electron chi connectivity index (χ3n) is 1.26. The molecule has 0 aliphatic rings. The maximum Gasteiger partial charge on any atom is 0.0499 e. The van der Waals surface area contributed by atoms with E-state index in [-0.39, 0.29) is 0 Å². The van der Waals surface area contributed by atoms with Gasteiger partial charge in [0.2, 0.25) is 0 Å². The Morgan fingerprint density at radius 3 is 2.27 bits per heavy atom. The van der Waals surface area contributed by atoms with Gasteiger partial charge in [-0.1, -0.05) is 10.8 Å². The first kappa shape index (κ1) is 10.1. The number of hydrogen-bond donors (Lipinski definition) is 0. The molecule has 0 atom stereocenters. The van der Waals surface area contributed by atoms with Gasteiger partial charge < -0.3 is 0 Å². The van der Waals surface area contributed by atoms with Gasteiger partial charge in [-0.2, -0.15) is 0 Å². The average molecular weight is 155 g/mol. The summed E-state index contributed by atoms with van der Waals surface area (Å²) in [7, 11) is 1.91. The van der Waals surface area contributed by atoms with Crippen LogP contribution in [0, 0.1) is 0 Å². The summed E-state index contributed by atoms with van der Waals surface area (Å²) in [5.41, 5.74) is 1.16. The van der Waals surface area contributed by atoms with E-state index in [9.17, 15) is 0 Å². The predicted octanol–water partition coefficient (Wildman–Crippen LogP) is 2.62. The first-order valence-corrected chi connectivity index (χ1v) is 3.81. The van der Waals surface area contributed by atoms with Crippen molar-refractivity contribution in [3.63, 3.8) is 0 Å². The van der Waals surface area contributed by atoms with Crippen LogP contribution < -0.4 is 0 Å². The summed E-state index contributed by atoms with van der Waals surface area (Å²) in [5.74, 6) is 0. The summed E-state index contributed by atoms with van der Waals surface area (Å²) >= 11 is 0. The van der Waals surface area contributed by atoms with Crippen LogP contribution in [-0.4, -0.2) is 18.1 Å². The van der Waals surface area contributed by atoms with E-state index in [1.165, 1.54) is 0 Å². The van der Waals surface area contributed by atoms with Crippen molar-refractivity contribution >= 4 is 0 Å². The van der Waals surface area contributed by atoms with Gasteiger partial charge in [0.05, 0.1) is 0 Å². The fourth-order valence-electron chi connectivity index (χ4n) is 0.326.